The SMILES string of the molecule is C/C=C(\Cc1ccccc1)C1(O)CC(O)CCN1. The molecule has 3 heteroatoms. The average molecular weight is 247 g/mol. The highest BCUT2D eigenvalue weighted by molar-refractivity contribution is 5.27. The first kappa shape index (κ1) is 13.3. The van der Waals surface area contributed by atoms with Crippen LogP contribution in [0.15, 0.2) is 42.0 Å². The summed E-state index contributed by atoms with van der Waals surface area (Å²) in [4.78, 5) is 0. The summed E-state index contributed by atoms with van der Waals surface area (Å²) >= 11 is 0. The van der Waals surface area contributed by atoms with Gasteiger partial charge in [0.25, 0.3) is 0 Å². The van der Waals surface area contributed by atoms with E-state index in [4.69, 9.17) is 0 Å². The van der Waals surface area contributed by atoms with Crippen LogP contribution in [0, 0.1) is 0 Å². The molecule has 0 bridgehead atoms. The number of piperidine rings is 1. The minimum absolute atomic E-state index is 0.361. The zero-order valence-electron chi connectivity index (χ0n) is 10.8. The number of aliphatic hydroxyl groups excluding tert-OH is 1. The van der Waals surface area contributed by atoms with Crippen molar-refractivity contribution >= 4 is 0 Å². The molecule has 1 aromatic rings. The van der Waals surface area contributed by atoms with E-state index >= 15 is 0 Å². The van der Waals surface area contributed by atoms with Gasteiger partial charge in [0.05, 0.1) is 6.10 Å². The van der Waals surface area contributed by atoms with Crippen molar-refractivity contribution in [1.82, 2.24) is 5.32 Å². The van der Waals surface area contributed by atoms with Gasteiger partial charge in [-0.25, -0.2) is 0 Å². The van der Waals surface area contributed by atoms with Crippen LogP contribution in [0.3, 0.4) is 0 Å². The van der Waals surface area contributed by atoms with Gasteiger partial charge in [-0.15, -0.1) is 0 Å². The lowest BCUT2D eigenvalue weighted by Crippen LogP contribution is -2.54. The van der Waals surface area contributed by atoms with Crippen molar-refractivity contribution in [2.45, 2.75) is 38.0 Å². The molecule has 1 heterocycles. The highest BCUT2D eigenvalue weighted by Crippen LogP contribution is 2.27. The molecular formula is C15H21NO2. The van der Waals surface area contributed by atoms with Crippen LogP contribution in [0.5, 0.6) is 0 Å². The lowest BCUT2D eigenvalue weighted by atomic mass is 9.87. The van der Waals surface area contributed by atoms with E-state index in [1.807, 2.05) is 43.3 Å². The minimum atomic E-state index is -1.07. The summed E-state index contributed by atoms with van der Waals surface area (Å²) in [7, 11) is 0. The van der Waals surface area contributed by atoms with Gasteiger partial charge in [0.15, 0.2) is 0 Å². The Balaban J connectivity index is 2.14. The zero-order valence-corrected chi connectivity index (χ0v) is 10.8. The lowest BCUT2D eigenvalue weighted by molar-refractivity contribution is -0.0364. The molecule has 0 amide bonds. The number of hydrogen-bond donors (Lipinski definition) is 3. The number of allylic oxidation sites excluding steroid dienone is 1. The van der Waals surface area contributed by atoms with Crippen LogP contribution in [0.1, 0.15) is 25.3 Å². The maximum atomic E-state index is 10.6. The summed E-state index contributed by atoms with van der Waals surface area (Å²) < 4.78 is 0. The third-order valence-corrected chi connectivity index (χ3v) is 3.54. The van der Waals surface area contributed by atoms with Crippen molar-refractivity contribution in [3.8, 4) is 0 Å². The van der Waals surface area contributed by atoms with Crippen molar-refractivity contribution in [3.63, 3.8) is 0 Å². The molecule has 2 unspecified atom stereocenters. The molecule has 0 aromatic heterocycles. The highest BCUT2D eigenvalue weighted by atomic mass is 16.3. The molecule has 1 saturated heterocycles. The Morgan fingerprint density at radius 1 is 1.44 bits per heavy atom. The van der Waals surface area contributed by atoms with E-state index in [1.165, 1.54) is 5.56 Å². The molecule has 0 aliphatic carbocycles. The summed E-state index contributed by atoms with van der Waals surface area (Å²) in [5, 5.41) is 23.5. The Labute approximate surface area is 108 Å². The molecule has 0 saturated carbocycles. The van der Waals surface area contributed by atoms with Gasteiger partial charge in [0.1, 0.15) is 5.72 Å². The molecule has 1 aromatic carbocycles. The smallest absolute Gasteiger partial charge is 0.140 e. The predicted octanol–water partition coefficient (Wildman–Crippen LogP) is 1.61. The maximum Gasteiger partial charge on any atom is 0.140 e. The van der Waals surface area contributed by atoms with Crippen molar-refractivity contribution < 1.29 is 10.2 Å². The van der Waals surface area contributed by atoms with Crippen molar-refractivity contribution in [3.05, 3.63) is 47.5 Å². The topological polar surface area (TPSA) is 52.5 Å². The van der Waals surface area contributed by atoms with Gasteiger partial charge < -0.3 is 10.2 Å². The number of aliphatic hydroxyl groups is 2. The van der Waals surface area contributed by atoms with E-state index < -0.39 is 11.8 Å². The zero-order chi connectivity index (χ0) is 13.0. The number of nitrogens with one attached hydrogen (secondary N) is 1. The molecular weight excluding hydrogens is 226 g/mol. The largest absolute Gasteiger partial charge is 0.393 e. The van der Waals surface area contributed by atoms with Crippen LogP contribution in [-0.2, 0) is 6.42 Å². The first-order chi connectivity index (χ1) is 8.64. The molecule has 98 valence electrons. The second-order valence-corrected chi connectivity index (χ2v) is 4.91. The fourth-order valence-corrected chi connectivity index (χ4v) is 2.51. The Morgan fingerprint density at radius 3 is 2.78 bits per heavy atom. The summed E-state index contributed by atoms with van der Waals surface area (Å²) in [5.74, 6) is 0. The van der Waals surface area contributed by atoms with Crippen molar-refractivity contribution in [2.24, 2.45) is 0 Å². The van der Waals surface area contributed by atoms with Gasteiger partial charge in [0.2, 0.25) is 0 Å². The number of benzene rings is 1. The van der Waals surface area contributed by atoms with E-state index in [2.05, 4.69) is 5.32 Å². The maximum absolute atomic E-state index is 10.6. The van der Waals surface area contributed by atoms with Crippen LogP contribution >= 0.6 is 0 Å². The summed E-state index contributed by atoms with van der Waals surface area (Å²) in [6.07, 6.45) is 3.28. The molecule has 1 aliphatic heterocycles. The molecule has 2 rings (SSSR count). The fraction of sp³-hybridized carbons (Fsp3) is 0.467. The first-order valence-electron chi connectivity index (χ1n) is 6.49. The average Bonchev–Trinajstić information content (AvgIpc) is 2.36. The Kier molecular flexibility index (Phi) is 4.17. The first-order valence-corrected chi connectivity index (χ1v) is 6.49. The fourth-order valence-electron chi connectivity index (χ4n) is 2.51. The summed E-state index contributed by atoms with van der Waals surface area (Å²) in [6, 6.07) is 10.1. The van der Waals surface area contributed by atoms with E-state index in [0.29, 0.717) is 25.8 Å². The van der Waals surface area contributed by atoms with Crippen LogP contribution in [-0.4, -0.2) is 28.6 Å². The molecule has 1 aliphatic rings. The van der Waals surface area contributed by atoms with Gasteiger partial charge >= 0.3 is 0 Å². The van der Waals surface area contributed by atoms with Gasteiger partial charge in [-0.1, -0.05) is 36.4 Å². The third-order valence-electron chi connectivity index (χ3n) is 3.54. The molecule has 18 heavy (non-hydrogen) atoms. The van der Waals surface area contributed by atoms with Crippen molar-refractivity contribution in [2.75, 3.05) is 6.54 Å². The quantitative estimate of drug-likeness (QED) is 0.711. The molecule has 0 spiro atoms. The van der Waals surface area contributed by atoms with E-state index in [1.54, 1.807) is 0 Å². The highest BCUT2D eigenvalue weighted by Gasteiger charge is 2.36. The molecule has 3 N–H and O–H groups in total. The molecule has 2 atom stereocenters. The van der Waals surface area contributed by atoms with Gasteiger partial charge in [0, 0.05) is 13.0 Å². The van der Waals surface area contributed by atoms with E-state index in [-0.39, 0.29) is 0 Å². The summed E-state index contributed by atoms with van der Waals surface area (Å²) in [5.41, 5.74) is 1.02. The lowest BCUT2D eigenvalue weighted by Gasteiger charge is -2.38. The minimum Gasteiger partial charge on any atom is -0.393 e. The Hall–Kier alpha value is -1.16. The molecule has 1 fully saturated rings. The predicted molar refractivity (Wildman–Crippen MR) is 72.1 cm³/mol. The van der Waals surface area contributed by atoms with Crippen LogP contribution < -0.4 is 5.32 Å². The van der Waals surface area contributed by atoms with E-state index in [9.17, 15) is 10.2 Å². The summed E-state index contributed by atoms with van der Waals surface area (Å²) in [6.45, 7) is 2.57. The number of hydrogen-bond acceptors (Lipinski definition) is 3. The number of rotatable bonds is 3. The Bertz CT molecular complexity index is 416. The van der Waals surface area contributed by atoms with Gasteiger partial charge in [-0.3, -0.25) is 5.32 Å². The molecule has 0 radical (unpaired) electrons. The van der Waals surface area contributed by atoms with Crippen LogP contribution in [0.2, 0.25) is 0 Å². The van der Waals surface area contributed by atoms with Gasteiger partial charge in [-0.2, -0.15) is 0 Å². The van der Waals surface area contributed by atoms with Crippen LogP contribution in [0.25, 0.3) is 0 Å². The second-order valence-electron chi connectivity index (χ2n) is 4.91. The van der Waals surface area contributed by atoms with Crippen LogP contribution in [0.4, 0.5) is 0 Å². The standard InChI is InChI=1S/C15H21NO2/c1-2-13(10-12-6-4-3-5-7-12)15(18)11-14(17)8-9-16-15/h2-7,14,16-18H,8-11H2,1H3/b13-2+. The second kappa shape index (κ2) is 5.65. The third kappa shape index (κ3) is 2.99. The molecule has 3 nitrogen and oxygen atoms in total. The Morgan fingerprint density at radius 2 is 2.17 bits per heavy atom. The normalized spacial score (nSPS) is 29.3. The monoisotopic (exact) mass is 247 g/mol. The van der Waals surface area contributed by atoms with Gasteiger partial charge in [-0.05, 0) is 30.9 Å². The van der Waals surface area contributed by atoms with Crippen molar-refractivity contribution in [1.29, 1.82) is 0 Å². The van der Waals surface area contributed by atoms with E-state index in [0.717, 1.165) is 5.57 Å².